The summed E-state index contributed by atoms with van der Waals surface area (Å²) in [7, 11) is 1.89. The lowest BCUT2D eigenvalue weighted by atomic mass is 9.96. The largest absolute Gasteiger partial charge is 0.508 e. The molecule has 3 aromatic heterocycles. The fraction of sp³-hybridized carbons (Fsp3) is 0.265. The SMILES string of the molecule is C#Cc1cccc2cc(O)cc(-c3cc(=O)c4c(N5CC6CCC(C5)N6)nc(OCCc5ccc(F)nc5)cc4n3C)c12. The molecule has 43 heavy (non-hydrogen) atoms. The molecule has 216 valence electrons. The molecule has 8 nitrogen and oxygen atoms in total. The van der Waals surface area contributed by atoms with Crippen molar-refractivity contribution in [3.63, 3.8) is 0 Å². The van der Waals surface area contributed by atoms with Crippen molar-refractivity contribution >= 4 is 27.5 Å². The first-order valence-electron chi connectivity index (χ1n) is 14.4. The van der Waals surface area contributed by atoms with Gasteiger partial charge in [0.2, 0.25) is 11.8 Å². The maximum absolute atomic E-state index is 14.0. The van der Waals surface area contributed by atoms with Gasteiger partial charge in [-0.2, -0.15) is 9.37 Å². The van der Waals surface area contributed by atoms with Gasteiger partial charge in [-0.15, -0.1) is 6.42 Å². The van der Waals surface area contributed by atoms with E-state index < -0.39 is 5.95 Å². The second kappa shape index (κ2) is 10.7. The molecular weight excluding hydrogens is 545 g/mol. The second-order valence-corrected chi connectivity index (χ2v) is 11.3. The summed E-state index contributed by atoms with van der Waals surface area (Å²) in [5.74, 6) is 3.29. The maximum atomic E-state index is 14.0. The van der Waals surface area contributed by atoms with Gasteiger partial charge in [-0.1, -0.05) is 24.1 Å². The van der Waals surface area contributed by atoms with Crippen LogP contribution in [0.15, 0.2) is 65.6 Å². The van der Waals surface area contributed by atoms with E-state index in [4.69, 9.17) is 16.1 Å². The molecule has 0 radical (unpaired) electrons. The topological polar surface area (TPSA) is 92.5 Å². The molecule has 0 amide bonds. The highest BCUT2D eigenvalue weighted by Crippen LogP contribution is 2.37. The Morgan fingerprint density at radius 3 is 2.67 bits per heavy atom. The normalized spacial score (nSPS) is 17.8. The average molecular weight is 576 g/mol. The Morgan fingerprint density at radius 2 is 1.93 bits per heavy atom. The van der Waals surface area contributed by atoms with Crippen molar-refractivity contribution in [2.24, 2.45) is 7.05 Å². The minimum atomic E-state index is -0.527. The molecule has 2 N–H and O–H groups in total. The molecule has 2 aliphatic rings. The van der Waals surface area contributed by atoms with Crippen LogP contribution in [-0.4, -0.2) is 51.4 Å². The van der Waals surface area contributed by atoms with E-state index in [1.54, 1.807) is 30.3 Å². The Morgan fingerprint density at radius 1 is 1.12 bits per heavy atom. The average Bonchev–Trinajstić information content (AvgIpc) is 3.35. The van der Waals surface area contributed by atoms with Gasteiger partial charge in [0.15, 0.2) is 5.43 Å². The lowest BCUT2D eigenvalue weighted by molar-refractivity contribution is 0.309. The van der Waals surface area contributed by atoms with Gasteiger partial charge >= 0.3 is 0 Å². The van der Waals surface area contributed by atoms with Crippen molar-refractivity contribution in [2.45, 2.75) is 31.3 Å². The van der Waals surface area contributed by atoms with Gasteiger partial charge in [-0.05, 0) is 48.1 Å². The third-order valence-electron chi connectivity index (χ3n) is 8.53. The first kappa shape index (κ1) is 26.9. The zero-order chi connectivity index (χ0) is 29.7. The zero-order valence-corrected chi connectivity index (χ0v) is 23.7. The Bertz CT molecular complexity index is 1970. The Hall–Kier alpha value is -4.94. The molecule has 0 saturated carbocycles. The number of terminal acetylenes is 1. The first-order chi connectivity index (χ1) is 20.9. The van der Waals surface area contributed by atoms with Gasteiger partial charge < -0.3 is 24.6 Å². The van der Waals surface area contributed by atoms with Crippen molar-refractivity contribution < 1.29 is 14.2 Å². The van der Waals surface area contributed by atoms with E-state index in [-0.39, 0.29) is 11.2 Å². The van der Waals surface area contributed by atoms with Crippen LogP contribution in [0.25, 0.3) is 32.9 Å². The Kier molecular flexibility index (Phi) is 6.71. The molecule has 0 aliphatic carbocycles. The molecule has 2 bridgehead atoms. The first-order valence-corrected chi connectivity index (χ1v) is 14.4. The quantitative estimate of drug-likeness (QED) is 0.227. The highest BCUT2D eigenvalue weighted by Gasteiger charge is 2.34. The van der Waals surface area contributed by atoms with Gasteiger partial charge in [0, 0.05) is 73.5 Å². The Labute approximate surface area is 247 Å². The van der Waals surface area contributed by atoms with Crippen LogP contribution in [0, 0.1) is 18.3 Å². The van der Waals surface area contributed by atoms with Crippen LogP contribution < -0.4 is 20.4 Å². The summed E-state index contributed by atoms with van der Waals surface area (Å²) < 4.78 is 21.4. The van der Waals surface area contributed by atoms with Gasteiger partial charge in [-0.25, -0.2) is 4.98 Å². The van der Waals surface area contributed by atoms with Crippen LogP contribution >= 0.6 is 0 Å². The second-order valence-electron chi connectivity index (χ2n) is 11.3. The van der Waals surface area contributed by atoms with E-state index in [2.05, 4.69) is 21.1 Å². The van der Waals surface area contributed by atoms with Crippen molar-refractivity contribution in [1.29, 1.82) is 0 Å². The number of aromatic hydroxyl groups is 1. The molecule has 7 rings (SSSR count). The number of aryl methyl sites for hydroxylation is 1. The number of benzene rings is 2. The lowest BCUT2D eigenvalue weighted by Gasteiger charge is -2.34. The van der Waals surface area contributed by atoms with E-state index in [0.717, 1.165) is 42.3 Å². The lowest BCUT2D eigenvalue weighted by Crippen LogP contribution is -2.51. The summed E-state index contributed by atoms with van der Waals surface area (Å²) in [5, 5.41) is 16.4. The number of ether oxygens (including phenoxy) is 1. The van der Waals surface area contributed by atoms with Crippen LogP contribution in [0.1, 0.15) is 24.0 Å². The van der Waals surface area contributed by atoms with Crippen molar-refractivity contribution in [1.82, 2.24) is 19.9 Å². The van der Waals surface area contributed by atoms with Crippen LogP contribution in [-0.2, 0) is 13.5 Å². The Balaban J connectivity index is 1.38. The number of hydrogen-bond donors (Lipinski definition) is 2. The number of aromatic nitrogens is 3. The van der Waals surface area contributed by atoms with E-state index in [0.29, 0.717) is 64.5 Å². The monoisotopic (exact) mass is 575 g/mol. The van der Waals surface area contributed by atoms with Crippen LogP contribution in [0.5, 0.6) is 11.6 Å². The van der Waals surface area contributed by atoms with Crippen LogP contribution in [0.4, 0.5) is 10.2 Å². The number of anilines is 1. The molecule has 2 saturated heterocycles. The number of fused-ring (bicyclic) bond motifs is 4. The molecule has 2 aromatic carbocycles. The predicted molar refractivity (Wildman–Crippen MR) is 165 cm³/mol. The number of nitrogens with zero attached hydrogens (tertiary/aromatic N) is 4. The van der Waals surface area contributed by atoms with Gasteiger partial charge in [0.25, 0.3) is 0 Å². The number of piperazine rings is 1. The summed E-state index contributed by atoms with van der Waals surface area (Å²) in [5.41, 5.74) is 3.28. The summed E-state index contributed by atoms with van der Waals surface area (Å²) >= 11 is 0. The van der Waals surface area contributed by atoms with Crippen LogP contribution in [0.2, 0.25) is 0 Å². The van der Waals surface area contributed by atoms with Crippen molar-refractivity contribution in [3.05, 3.63) is 88.1 Å². The number of nitrogens with one attached hydrogen (secondary N) is 1. The molecule has 2 atom stereocenters. The number of halogens is 1. The number of hydrogen-bond acceptors (Lipinski definition) is 7. The van der Waals surface area contributed by atoms with E-state index in [1.165, 1.54) is 12.3 Å². The van der Waals surface area contributed by atoms with Gasteiger partial charge in [0.1, 0.15) is 11.6 Å². The zero-order valence-electron chi connectivity index (χ0n) is 23.7. The maximum Gasteiger partial charge on any atom is 0.217 e. The van der Waals surface area contributed by atoms with Crippen LogP contribution in [0.3, 0.4) is 0 Å². The molecule has 5 heterocycles. The van der Waals surface area contributed by atoms with E-state index in [9.17, 15) is 14.3 Å². The molecular formula is C34H30FN5O3. The smallest absolute Gasteiger partial charge is 0.217 e. The highest BCUT2D eigenvalue weighted by molar-refractivity contribution is 6.02. The molecule has 0 spiro atoms. The molecule has 9 heteroatoms. The minimum absolute atomic E-state index is 0.0789. The third kappa shape index (κ3) is 4.94. The number of rotatable bonds is 6. The third-order valence-corrected chi connectivity index (χ3v) is 8.53. The summed E-state index contributed by atoms with van der Waals surface area (Å²) in [6, 6.07) is 16.0. The summed E-state index contributed by atoms with van der Waals surface area (Å²) in [6.45, 7) is 1.79. The minimum Gasteiger partial charge on any atom is -0.508 e. The van der Waals surface area contributed by atoms with E-state index in [1.807, 2.05) is 29.8 Å². The number of phenols is 1. The van der Waals surface area contributed by atoms with Gasteiger partial charge in [0.05, 0.1) is 23.2 Å². The molecule has 5 aromatic rings. The summed E-state index contributed by atoms with van der Waals surface area (Å²) in [4.78, 5) is 24.8. The van der Waals surface area contributed by atoms with Crippen molar-refractivity contribution in [2.75, 3.05) is 24.6 Å². The van der Waals surface area contributed by atoms with E-state index >= 15 is 0 Å². The molecule has 2 unspecified atom stereocenters. The summed E-state index contributed by atoms with van der Waals surface area (Å²) in [6.07, 6.45) is 10.1. The molecule has 2 aliphatic heterocycles. The number of pyridine rings is 3. The molecule has 2 fully saturated rings. The fourth-order valence-corrected chi connectivity index (χ4v) is 6.51. The van der Waals surface area contributed by atoms with Crippen molar-refractivity contribution in [3.8, 4) is 35.2 Å². The number of phenolic OH excluding ortho intramolecular Hbond substituents is 1. The fourth-order valence-electron chi connectivity index (χ4n) is 6.51. The van der Waals surface area contributed by atoms with Gasteiger partial charge in [-0.3, -0.25) is 4.79 Å². The standard InChI is InChI=1S/C34H30FN5O3/c1-3-21-5-4-6-22-13-25(41)14-26(32(21)22)27-15-29(42)33-28(39(27)2)16-31(43-12-11-20-7-10-30(35)36-17-20)38-34(33)40-18-23-8-9-24(19-40)37-23/h1,4-7,10,13-17,23-24,37,41H,8-9,11-12,18-19H2,2H3. The highest BCUT2D eigenvalue weighted by atomic mass is 19.1. The predicted octanol–water partition coefficient (Wildman–Crippen LogP) is 4.54.